The highest BCUT2D eigenvalue weighted by Gasteiger charge is 2.13. The van der Waals surface area contributed by atoms with Crippen LogP contribution >= 0.6 is 0 Å². The summed E-state index contributed by atoms with van der Waals surface area (Å²) in [5.74, 6) is 0.258. The van der Waals surface area contributed by atoms with Gasteiger partial charge in [0.05, 0.1) is 18.7 Å². The molecule has 2 heterocycles. The summed E-state index contributed by atoms with van der Waals surface area (Å²) in [6, 6.07) is 8.08. The first kappa shape index (κ1) is 15.8. The van der Waals surface area contributed by atoms with Crippen LogP contribution < -0.4 is 15.7 Å². The quantitative estimate of drug-likeness (QED) is 0.698. The van der Waals surface area contributed by atoms with Gasteiger partial charge in [-0.2, -0.15) is 5.10 Å². The second kappa shape index (κ2) is 6.99. The molecule has 0 radical (unpaired) electrons. The Morgan fingerprint density at radius 2 is 2.25 bits per heavy atom. The monoisotopic (exact) mass is 327 g/mol. The Bertz CT molecular complexity index is 900. The average molecular weight is 327 g/mol. The third-order valence-corrected chi connectivity index (χ3v) is 3.46. The molecule has 0 bridgehead atoms. The highest BCUT2D eigenvalue weighted by molar-refractivity contribution is 6.05. The van der Waals surface area contributed by atoms with E-state index in [1.165, 1.54) is 6.07 Å². The lowest BCUT2D eigenvalue weighted by Gasteiger charge is -2.09. The van der Waals surface area contributed by atoms with Crippen molar-refractivity contribution < 1.29 is 13.9 Å². The van der Waals surface area contributed by atoms with Crippen LogP contribution in [-0.4, -0.2) is 28.8 Å². The van der Waals surface area contributed by atoms with E-state index in [0.717, 1.165) is 0 Å². The zero-order valence-corrected chi connectivity index (χ0v) is 13.2. The Morgan fingerprint density at radius 1 is 1.38 bits per heavy atom. The lowest BCUT2D eigenvalue weighted by molar-refractivity contribution is 0.0953. The summed E-state index contributed by atoms with van der Waals surface area (Å²) >= 11 is 0. The predicted molar refractivity (Wildman–Crippen MR) is 88.2 cm³/mol. The fraction of sp³-hybridized carbons (Fsp3) is 0.235. The van der Waals surface area contributed by atoms with E-state index in [1.54, 1.807) is 29.1 Å². The van der Waals surface area contributed by atoms with Gasteiger partial charge in [-0.15, -0.1) is 0 Å². The molecule has 124 valence electrons. The number of carbonyl (C=O) groups is 1. The van der Waals surface area contributed by atoms with Gasteiger partial charge in [0, 0.05) is 36.5 Å². The molecule has 0 saturated carbocycles. The van der Waals surface area contributed by atoms with Gasteiger partial charge in [0.1, 0.15) is 11.3 Å². The van der Waals surface area contributed by atoms with Crippen molar-refractivity contribution in [3.63, 3.8) is 0 Å². The van der Waals surface area contributed by atoms with Crippen LogP contribution in [0, 0.1) is 0 Å². The molecule has 7 nitrogen and oxygen atoms in total. The lowest BCUT2D eigenvalue weighted by atomic mass is 10.1. The molecule has 3 rings (SSSR count). The number of nitrogens with one attached hydrogen (secondary N) is 1. The standard InChI is InChI=1S/C17H17N3O4/c1-2-23-12-4-5-13-14(11-16(21)24-15(13)10-12)17(22)18-7-9-20-8-3-6-19-20/h3-6,8,10-11H,2,7,9H2,1H3,(H,18,22). The van der Waals surface area contributed by atoms with Gasteiger partial charge in [0.15, 0.2) is 0 Å². The minimum absolute atomic E-state index is 0.282. The molecule has 0 saturated heterocycles. The largest absolute Gasteiger partial charge is 0.494 e. The number of aromatic nitrogens is 2. The molecule has 0 aliphatic rings. The van der Waals surface area contributed by atoms with Crippen molar-refractivity contribution >= 4 is 16.9 Å². The van der Waals surface area contributed by atoms with Gasteiger partial charge in [0.2, 0.25) is 0 Å². The maximum absolute atomic E-state index is 12.4. The first-order valence-corrected chi connectivity index (χ1v) is 7.63. The molecule has 0 atom stereocenters. The van der Waals surface area contributed by atoms with Gasteiger partial charge in [0.25, 0.3) is 5.91 Å². The van der Waals surface area contributed by atoms with Gasteiger partial charge in [-0.05, 0) is 25.1 Å². The summed E-state index contributed by atoms with van der Waals surface area (Å²) in [5, 5.41) is 7.41. The molecule has 24 heavy (non-hydrogen) atoms. The second-order valence-corrected chi connectivity index (χ2v) is 5.10. The SMILES string of the molecule is CCOc1ccc2c(C(=O)NCCn3cccn3)cc(=O)oc2c1. The molecule has 3 aromatic rings. The Labute approximate surface area is 137 Å². The van der Waals surface area contributed by atoms with Crippen molar-refractivity contribution in [1.29, 1.82) is 0 Å². The predicted octanol–water partition coefficient (Wildman–Crippen LogP) is 1.82. The van der Waals surface area contributed by atoms with Gasteiger partial charge < -0.3 is 14.5 Å². The normalized spacial score (nSPS) is 10.7. The van der Waals surface area contributed by atoms with Gasteiger partial charge >= 0.3 is 5.63 Å². The number of hydrogen-bond acceptors (Lipinski definition) is 5. The van der Waals surface area contributed by atoms with E-state index in [0.29, 0.717) is 36.4 Å². The van der Waals surface area contributed by atoms with E-state index in [-0.39, 0.29) is 11.5 Å². The van der Waals surface area contributed by atoms with Crippen LogP contribution in [0.25, 0.3) is 11.0 Å². The fourth-order valence-corrected chi connectivity index (χ4v) is 2.40. The van der Waals surface area contributed by atoms with E-state index in [4.69, 9.17) is 9.15 Å². The van der Waals surface area contributed by atoms with Crippen LogP contribution in [0.1, 0.15) is 17.3 Å². The van der Waals surface area contributed by atoms with Crippen molar-refractivity contribution in [3.8, 4) is 5.75 Å². The number of amides is 1. The first-order valence-electron chi connectivity index (χ1n) is 7.63. The topological polar surface area (TPSA) is 86.4 Å². The maximum atomic E-state index is 12.4. The Kier molecular flexibility index (Phi) is 4.60. The molecule has 2 aromatic heterocycles. The van der Waals surface area contributed by atoms with E-state index in [2.05, 4.69) is 10.4 Å². The Morgan fingerprint density at radius 3 is 3.00 bits per heavy atom. The molecule has 1 N–H and O–H groups in total. The minimum atomic E-state index is -0.576. The van der Waals surface area contributed by atoms with Crippen LogP contribution in [0.15, 0.2) is 51.9 Å². The van der Waals surface area contributed by atoms with Gasteiger partial charge in [-0.3, -0.25) is 9.48 Å². The third kappa shape index (κ3) is 3.45. The molecule has 0 spiro atoms. The number of rotatable bonds is 6. The summed E-state index contributed by atoms with van der Waals surface area (Å²) in [6.45, 7) is 3.32. The maximum Gasteiger partial charge on any atom is 0.337 e. The molecule has 0 aliphatic heterocycles. The zero-order chi connectivity index (χ0) is 16.9. The molecule has 0 aliphatic carbocycles. The fourth-order valence-electron chi connectivity index (χ4n) is 2.40. The van der Waals surface area contributed by atoms with E-state index >= 15 is 0 Å². The summed E-state index contributed by atoms with van der Waals surface area (Å²) in [6.07, 6.45) is 3.49. The molecular weight excluding hydrogens is 310 g/mol. The number of carbonyl (C=O) groups excluding carboxylic acids is 1. The Hall–Kier alpha value is -3.09. The van der Waals surface area contributed by atoms with Crippen LogP contribution in [0.4, 0.5) is 0 Å². The highest BCUT2D eigenvalue weighted by atomic mass is 16.5. The number of hydrogen-bond donors (Lipinski definition) is 1. The molecule has 1 amide bonds. The third-order valence-electron chi connectivity index (χ3n) is 3.46. The number of benzene rings is 1. The zero-order valence-electron chi connectivity index (χ0n) is 13.2. The number of nitrogens with zero attached hydrogens (tertiary/aromatic N) is 2. The van der Waals surface area contributed by atoms with Gasteiger partial charge in [-0.25, -0.2) is 4.79 Å². The summed E-state index contributed by atoms with van der Waals surface area (Å²) < 4.78 is 12.3. The molecular formula is C17H17N3O4. The Balaban J connectivity index is 1.82. The van der Waals surface area contributed by atoms with Crippen molar-refractivity contribution in [2.45, 2.75) is 13.5 Å². The van der Waals surface area contributed by atoms with Crippen molar-refractivity contribution in [2.24, 2.45) is 0 Å². The summed E-state index contributed by atoms with van der Waals surface area (Å²) in [5.41, 5.74) is 0.0313. The van der Waals surface area contributed by atoms with E-state index in [1.807, 2.05) is 19.2 Å². The highest BCUT2D eigenvalue weighted by Crippen LogP contribution is 2.22. The lowest BCUT2D eigenvalue weighted by Crippen LogP contribution is -2.28. The second-order valence-electron chi connectivity index (χ2n) is 5.10. The first-order chi connectivity index (χ1) is 11.7. The number of fused-ring (bicyclic) bond motifs is 1. The molecule has 0 fully saturated rings. The van der Waals surface area contributed by atoms with E-state index in [9.17, 15) is 9.59 Å². The van der Waals surface area contributed by atoms with Gasteiger partial charge in [-0.1, -0.05) is 0 Å². The van der Waals surface area contributed by atoms with Crippen LogP contribution in [0.5, 0.6) is 5.75 Å². The van der Waals surface area contributed by atoms with Crippen molar-refractivity contribution in [3.05, 3.63) is 58.7 Å². The summed E-state index contributed by atoms with van der Waals surface area (Å²) in [7, 11) is 0. The van der Waals surface area contributed by atoms with E-state index < -0.39 is 5.63 Å². The molecule has 7 heteroatoms. The van der Waals surface area contributed by atoms with Crippen molar-refractivity contribution in [1.82, 2.24) is 15.1 Å². The van der Waals surface area contributed by atoms with Crippen LogP contribution in [0.3, 0.4) is 0 Å². The van der Waals surface area contributed by atoms with Crippen LogP contribution in [-0.2, 0) is 6.54 Å². The number of ether oxygens (including phenoxy) is 1. The molecule has 1 aromatic carbocycles. The van der Waals surface area contributed by atoms with Crippen LogP contribution in [0.2, 0.25) is 0 Å². The van der Waals surface area contributed by atoms with Crippen molar-refractivity contribution in [2.75, 3.05) is 13.2 Å². The smallest absolute Gasteiger partial charge is 0.337 e. The molecule has 0 unspecified atom stereocenters. The minimum Gasteiger partial charge on any atom is -0.494 e. The average Bonchev–Trinajstić information content (AvgIpc) is 3.07. The summed E-state index contributed by atoms with van der Waals surface area (Å²) in [4.78, 5) is 24.1.